The van der Waals surface area contributed by atoms with Crippen molar-refractivity contribution in [3.63, 3.8) is 0 Å². The number of aromatic nitrogens is 2. The monoisotopic (exact) mass is 326 g/mol. The fraction of sp³-hybridized carbons (Fsp3) is 0.692. The lowest BCUT2D eigenvalue weighted by molar-refractivity contribution is -0.385. The van der Waals surface area contributed by atoms with Crippen LogP contribution in [0.1, 0.15) is 19.8 Å². The van der Waals surface area contributed by atoms with Gasteiger partial charge in [0.05, 0.1) is 18.0 Å². The highest BCUT2D eigenvalue weighted by atomic mass is 32.2. The first-order valence-electron chi connectivity index (χ1n) is 7.49. The predicted octanol–water partition coefficient (Wildman–Crippen LogP) is 1.24. The zero-order valence-corrected chi connectivity index (χ0v) is 13.5. The summed E-state index contributed by atoms with van der Waals surface area (Å²) in [5.41, 5.74) is 0.0128. The van der Waals surface area contributed by atoms with Crippen LogP contribution in [0.15, 0.2) is 17.4 Å². The van der Waals surface area contributed by atoms with Crippen LogP contribution in [0.5, 0.6) is 0 Å². The van der Waals surface area contributed by atoms with Gasteiger partial charge in [0.2, 0.25) is 0 Å². The number of thioether (sulfide) groups is 1. The van der Waals surface area contributed by atoms with Crippen LogP contribution in [-0.2, 0) is 6.54 Å². The molecule has 1 unspecified atom stereocenters. The summed E-state index contributed by atoms with van der Waals surface area (Å²) in [5.74, 6) is 2.03. The van der Waals surface area contributed by atoms with Crippen molar-refractivity contribution in [3.05, 3.63) is 22.5 Å². The molecule has 2 N–H and O–H groups in total. The lowest BCUT2D eigenvalue weighted by Crippen LogP contribution is -2.39. The van der Waals surface area contributed by atoms with Gasteiger partial charge in [0.25, 0.3) is 0 Å². The van der Waals surface area contributed by atoms with E-state index < -0.39 is 4.92 Å². The average molecular weight is 326 g/mol. The Morgan fingerprint density at radius 3 is 3.14 bits per heavy atom. The molecule has 0 bridgehead atoms. The van der Waals surface area contributed by atoms with E-state index in [0.29, 0.717) is 18.3 Å². The van der Waals surface area contributed by atoms with Crippen molar-refractivity contribution in [1.82, 2.24) is 20.4 Å². The predicted molar refractivity (Wildman–Crippen MR) is 88.3 cm³/mol. The Bertz CT molecular complexity index is 512. The number of rotatable bonds is 7. The van der Waals surface area contributed by atoms with Gasteiger partial charge in [-0.3, -0.25) is 19.8 Å². The number of guanidine groups is 1. The van der Waals surface area contributed by atoms with E-state index in [1.54, 1.807) is 4.68 Å². The smallest absolute Gasteiger partial charge is 0.306 e. The number of hydrogen-bond donors (Lipinski definition) is 2. The molecule has 22 heavy (non-hydrogen) atoms. The SMILES string of the molecule is CCNC(=NCC1CCCS1)NCCn1cc([N+](=O)[O-])cn1. The minimum atomic E-state index is -0.443. The van der Waals surface area contributed by atoms with Gasteiger partial charge in [-0.2, -0.15) is 16.9 Å². The highest BCUT2D eigenvalue weighted by Gasteiger charge is 2.15. The van der Waals surface area contributed by atoms with E-state index >= 15 is 0 Å². The van der Waals surface area contributed by atoms with Crippen LogP contribution >= 0.6 is 11.8 Å². The molecule has 0 spiro atoms. The van der Waals surface area contributed by atoms with Gasteiger partial charge in [0.15, 0.2) is 5.96 Å². The van der Waals surface area contributed by atoms with E-state index in [4.69, 9.17) is 0 Å². The van der Waals surface area contributed by atoms with Crippen LogP contribution in [0, 0.1) is 10.1 Å². The highest BCUT2D eigenvalue weighted by molar-refractivity contribution is 8.00. The standard InChI is InChI=1S/C13H22N6O2S/c1-2-14-13(16-9-12-4-3-7-22-12)15-5-6-18-10-11(8-17-18)19(20)21/h8,10,12H,2-7,9H2,1H3,(H2,14,15,16). The maximum Gasteiger partial charge on any atom is 0.306 e. The quantitative estimate of drug-likeness (QED) is 0.339. The molecule has 2 rings (SSSR count). The molecular formula is C13H22N6O2S. The molecule has 0 aliphatic carbocycles. The number of hydrogen-bond acceptors (Lipinski definition) is 5. The fourth-order valence-electron chi connectivity index (χ4n) is 2.18. The third-order valence-electron chi connectivity index (χ3n) is 3.29. The first-order valence-corrected chi connectivity index (χ1v) is 8.54. The van der Waals surface area contributed by atoms with E-state index in [0.717, 1.165) is 19.0 Å². The van der Waals surface area contributed by atoms with Gasteiger partial charge in [-0.25, -0.2) is 0 Å². The normalized spacial score (nSPS) is 18.4. The molecule has 0 amide bonds. The summed E-state index contributed by atoms with van der Waals surface area (Å²) in [6.07, 6.45) is 5.22. The highest BCUT2D eigenvalue weighted by Crippen LogP contribution is 2.25. The van der Waals surface area contributed by atoms with Crippen molar-refractivity contribution in [2.45, 2.75) is 31.6 Å². The van der Waals surface area contributed by atoms with Crippen LogP contribution < -0.4 is 10.6 Å². The summed E-state index contributed by atoms with van der Waals surface area (Å²) in [7, 11) is 0. The number of nitrogens with one attached hydrogen (secondary N) is 2. The minimum Gasteiger partial charge on any atom is -0.357 e. The van der Waals surface area contributed by atoms with Crippen molar-refractivity contribution in [2.24, 2.45) is 4.99 Å². The second-order valence-electron chi connectivity index (χ2n) is 5.00. The molecule has 1 aliphatic rings. The van der Waals surface area contributed by atoms with E-state index in [1.165, 1.54) is 31.0 Å². The van der Waals surface area contributed by atoms with Crippen molar-refractivity contribution >= 4 is 23.4 Å². The number of nitrogens with zero attached hydrogens (tertiary/aromatic N) is 4. The van der Waals surface area contributed by atoms with E-state index in [2.05, 4.69) is 20.7 Å². The summed E-state index contributed by atoms with van der Waals surface area (Å²) in [4.78, 5) is 14.8. The second-order valence-corrected chi connectivity index (χ2v) is 6.41. The van der Waals surface area contributed by atoms with Crippen LogP contribution in [0.2, 0.25) is 0 Å². The summed E-state index contributed by atoms with van der Waals surface area (Å²) in [6, 6.07) is 0. The van der Waals surface area contributed by atoms with Crippen molar-refractivity contribution < 1.29 is 4.92 Å². The molecule has 0 aromatic carbocycles. The van der Waals surface area contributed by atoms with Crippen molar-refractivity contribution in [1.29, 1.82) is 0 Å². The largest absolute Gasteiger partial charge is 0.357 e. The van der Waals surface area contributed by atoms with Gasteiger partial charge in [0.1, 0.15) is 12.4 Å². The van der Waals surface area contributed by atoms with Gasteiger partial charge in [-0.1, -0.05) is 0 Å². The van der Waals surface area contributed by atoms with E-state index in [-0.39, 0.29) is 5.69 Å². The molecule has 1 aromatic rings. The fourth-order valence-corrected chi connectivity index (χ4v) is 3.36. The molecule has 1 aliphatic heterocycles. The zero-order valence-electron chi connectivity index (χ0n) is 12.7. The Morgan fingerprint density at radius 2 is 2.50 bits per heavy atom. The number of nitro groups is 1. The molecule has 0 saturated carbocycles. The van der Waals surface area contributed by atoms with Crippen LogP contribution in [0.4, 0.5) is 5.69 Å². The maximum atomic E-state index is 10.6. The maximum absolute atomic E-state index is 10.6. The summed E-state index contributed by atoms with van der Waals surface area (Å²) < 4.78 is 1.56. The Balaban J connectivity index is 1.77. The summed E-state index contributed by atoms with van der Waals surface area (Å²) in [6.45, 7) is 4.82. The molecule has 122 valence electrons. The third kappa shape index (κ3) is 5.21. The molecule has 1 saturated heterocycles. The van der Waals surface area contributed by atoms with Gasteiger partial charge in [-0.05, 0) is 25.5 Å². The van der Waals surface area contributed by atoms with Gasteiger partial charge < -0.3 is 10.6 Å². The Kier molecular flexibility index (Phi) is 6.50. The lowest BCUT2D eigenvalue weighted by Gasteiger charge is -2.12. The van der Waals surface area contributed by atoms with E-state index in [9.17, 15) is 10.1 Å². The molecule has 1 atom stereocenters. The minimum absolute atomic E-state index is 0.0128. The zero-order chi connectivity index (χ0) is 15.8. The van der Waals surface area contributed by atoms with Gasteiger partial charge in [0, 0.05) is 18.3 Å². The van der Waals surface area contributed by atoms with Crippen molar-refractivity contribution in [3.8, 4) is 0 Å². The Morgan fingerprint density at radius 1 is 1.64 bits per heavy atom. The molecule has 8 nitrogen and oxygen atoms in total. The Hall–Kier alpha value is -1.77. The summed E-state index contributed by atoms with van der Waals surface area (Å²) >= 11 is 1.99. The summed E-state index contributed by atoms with van der Waals surface area (Å²) in [5, 5.41) is 21.6. The molecule has 0 radical (unpaired) electrons. The molecule has 9 heteroatoms. The molecule has 2 heterocycles. The number of aliphatic imine (C=N–C) groups is 1. The third-order valence-corrected chi connectivity index (χ3v) is 4.67. The van der Waals surface area contributed by atoms with Crippen LogP contribution in [-0.4, -0.2) is 51.3 Å². The molecular weight excluding hydrogens is 304 g/mol. The first-order chi connectivity index (χ1) is 10.7. The van der Waals surface area contributed by atoms with Crippen molar-refractivity contribution in [2.75, 3.05) is 25.4 Å². The van der Waals surface area contributed by atoms with E-state index in [1.807, 2.05) is 18.7 Å². The van der Waals surface area contributed by atoms with Gasteiger partial charge in [-0.15, -0.1) is 0 Å². The van der Waals surface area contributed by atoms with Gasteiger partial charge >= 0.3 is 5.69 Å². The topological polar surface area (TPSA) is 97.4 Å². The molecule has 1 aromatic heterocycles. The molecule has 1 fully saturated rings. The van der Waals surface area contributed by atoms with Crippen LogP contribution in [0.3, 0.4) is 0 Å². The average Bonchev–Trinajstić information content (AvgIpc) is 3.16. The second kappa shape index (κ2) is 8.62. The lowest BCUT2D eigenvalue weighted by atomic mass is 10.2. The van der Waals surface area contributed by atoms with Crippen LogP contribution in [0.25, 0.3) is 0 Å². The Labute approximate surface area is 133 Å². The first kappa shape index (κ1) is 16.6.